The number of aromatic nitrogens is 1. The summed E-state index contributed by atoms with van der Waals surface area (Å²) in [6, 6.07) is 21.2. The third kappa shape index (κ3) is 3.28. The van der Waals surface area contributed by atoms with Crippen LogP contribution in [0.25, 0.3) is 0 Å². The molecule has 6 heteroatoms. The summed E-state index contributed by atoms with van der Waals surface area (Å²) in [6.45, 7) is 1.43. The number of hydrogen-bond acceptors (Lipinski definition) is 5. The van der Waals surface area contributed by atoms with Gasteiger partial charge in [-0.3, -0.25) is 4.79 Å². The summed E-state index contributed by atoms with van der Waals surface area (Å²) in [6.07, 6.45) is 4.00. The lowest BCUT2D eigenvalue weighted by Gasteiger charge is -2.26. The van der Waals surface area contributed by atoms with Gasteiger partial charge in [0.1, 0.15) is 6.61 Å². The number of amides is 1. The molecule has 3 heterocycles. The van der Waals surface area contributed by atoms with Crippen molar-refractivity contribution in [1.82, 2.24) is 9.88 Å². The Kier molecular flexibility index (Phi) is 4.50. The molecule has 6 rings (SSSR count). The van der Waals surface area contributed by atoms with Crippen molar-refractivity contribution in [1.29, 1.82) is 0 Å². The van der Waals surface area contributed by atoms with Crippen molar-refractivity contribution in [2.75, 3.05) is 13.1 Å². The van der Waals surface area contributed by atoms with Crippen LogP contribution in [0.15, 0.2) is 72.9 Å². The molecule has 2 aromatic carbocycles. The average Bonchev–Trinajstić information content (AvgIpc) is 3.49. The number of ether oxygens (including phenoxy) is 2. The molecule has 33 heavy (non-hydrogen) atoms. The fourth-order valence-electron chi connectivity index (χ4n) is 5.14. The second-order valence-corrected chi connectivity index (χ2v) is 9.15. The number of esters is 1. The largest absolute Gasteiger partial charge is 0.473 e. The molecule has 2 fully saturated rings. The number of carbonyl (C=O) groups is 2. The Bertz CT molecular complexity index is 1220. The highest BCUT2D eigenvalue weighted by molar-refractivity contribution is 5.95. The number of carbonyl (C=O) groups excluding carboxylic acids is 2. The maximum atomic E-state index is 13.6. The van der Waals surface area contributed by atoms with E-state index in [9.17, 15) is 9.59 Å². The van der Waals surface area contributed by atoms with Crippen molar-refractivity contribution in [3.05, 3.63) is 95.2 Å². The Labute approximate surface area is 192 Å². The van der Waals surface area contributed by atoms with E-state index in [1.165, 1.54) is 0 Å². The topological polar surface area (TPSA) is 68.7 Å². The number of likely N-dealkylation sites (tertiary alicyclic amines) is 1. The summed E-state index contributed by atoms with van der Waals surface area (Å²) >= 11 is 0. The lowest BCUT2D eigenvalue weighted by molar-refractivity contribution is -0.134. The molecular formula is C27H24N2O4. The van der Waals surface area contributed by atoms with E-state index in [4.69, 9.17) is 9.47 Å². The quantitative estimate of drug-likeness (QED) is 0.561. The Hall–Kier alpha value is -3.67. The monoisotopic (exact) mass is 440 g/mol. The minimum absolute atomic E-state index is 0.0968. The van der Waals surface area contributed by atoms with Crippen molar-refractivity contribution >= 4 is 11.9 Å². The van der Waals surface area contributed by atoms with Crippen LogP contribution in [0.2, 0.25) is 0 Å². The molecule has 1 saturated heterocycles. The molecule has 1 atom stereocenters. The van der Waals surface area contributed by atoms with E-state index in [0.717, 1.165) is 29.5 Å². The first-order valence-electron chi connectivity index (χ1n) is 11.4. The molecule has 166 valence electrons. The van der Waals surface area contributed by atoms with Crippen molar-refractivity contribution < 1.29 is 19.1 Å². The molecule has 2 aliphatic heterocycles. The van der Waals surface area contributed by atoms with E-state index in [1.807, 2.05) is 65.6 Å². The first-order valence-corrected chi connectivity index (χ1v) is 11.4. The van der Waals surface area contributed by atoms with Gasteiger partial charge in [-0.2, -0.15) is 0 Å². The zero-order valence-corrected chi connectivity index (χ0v) is 18.2. The summed E-state index contributed by atoms with van der Waals surface area (Å²) in [7, 11) is 0. The van der Waals surface area contributed by atoms with Crippen molar-refractivity contribution in [2.45, 2.75) is 36.9 Å². The van der Waals surface area contributed by atoms with Crippen LogP contribution in [0.3, 0.4) is 0 Å². The zero-order valence-electron chi connectivity index (χ0n) is 18.2. The Balaban J connectivity index is 1.16. The number of nitrogens with zero attached hydrogens (tertiary/aromatic N) is 2. The molecule has 0 unspecified atom stereocenters. The maximum absolute atomic E-state index is 13.6. The molecule has 6 nitrogen and oxygen atoms in total. The Morgan fingerprint density at radius 2 is 1.79 bits per heavy atom. The summed E-state index contributed by atoms with van der Waals surface area (Å²) in [5, 5.41) is 0. The number of fused-ring (bicyclic) bond motifs is 2. The molecule has 1 spiro atoms. The molecule has 3 aromatic rings. The summed E-state index contributed by atoms with van der Waals surface area (Å²) in [5.74, 6) is 0.344. The fourth-order valence-corrected chi connectivity index (χ4v) is 5.14. The van der Waals surface area contributed by atoms with Gasteiger partial charge < -0.3 is 14.4 Å². The normalized spacial score (nSPS) is 22.2. The number of benzene rings is 2. The predicted octanol–water partition coefficient (Wildman–Crippen LogP) is 3.99. The highest BCUT2D eigenvalue weighted by Gasteiger charge is 2.57. The van der Waals surface area contributed by atoms with E-state index >= 15 is 0 Å². The molecule has 1 aliphatic carbocycles. The lowest BCUT2D eigenvalue weighted by Crippen LogP contribution is -2.40. The predicted molar refractivity (Wildman–Crippen MR) is 121 cm³/mol. The van der Waals surface area contributed by atoms with Gasteiger partial charge in [0.25, 0.3) is 0 Å². The molecule has 1 aromatic heterocycles. The van der Waals surface area contributed by atoms with Gasteiger partial charge in [-0.1, -0.05) is 54.6 Å². The lowest BCUT2D eigenvalue weighted by atomic mass is 9.91. The third-order valence-corrected chi connectivity index (χ3v) is 7.12. The number of pyridine rings is 1. The highest BCUT2D eigenvalue weighted by Crippen LogP contribution is 2.52. The zero-order chi connectivity index (χ0) is 22.5. The SMILES string of the molecule is O=C1O[C@]2(CCN(C(=O)C3(c4ccc(OCc5ccccc5)nc4)CC3)C2)c2ccccc21. The van der Waals surface area contributed by atoms with Gasteiger partial charge >= 0.3 is 5.97 Å². The van der Waals surface area contributed by atoms with Crippen LogP contribution < -0.4 is 4.74 Å². The van der Waals surface area contributed by atoms with Gasteiger partial charge in [-0.25, -0.2) is 9.78 Å². The van der Waals surface area contributed by atoms with E-state index in [-0.39, 0.29) is 11.9 Å². The van der Waals surface area contributed by atoms with Crippen LogP contribution in [0.4, 0.5) is 0 Å². The summed E-state index contributed by atoms with van der Waals surface area (Å²) < 4.78 is 11.6. The second-order valence-electron chi connectivity index (χ2n) is 9.15. The van der Waals surface area contributed by atoms with Crippen LogP contribution in [0.1, 0.15) is 46.3 Å². The van der Waals surface area contributed by atoms with Crippen LogP contribution in [0, 0.1) is 0 Å². The molecular weight excluding hydrogens is 416 g/mol. The van der Waals surface area contributed by atoms with Crippen LogP contribution >= 0.6 is 0 Å². The minimum atomic E-state index is -0.715. The first-order chi connectivity index (χ1) is 16.1. The van der Waals surface area contributed by atoms with E-state index in [0.29, 0.717) is 37.6 Å². The standard InChI is InChI=1S/C27H24N2O4/c30-24-21-8-4-5-9-22(21)27(33-24)14-15-29(18-27)25(31)26(12-13-26)20-10-11-23(28-16-20)32-17-19-6-2-1-3-7-19/h1-11,16H,12-15,17-18H2/t27-/m0/s1. The molecule has 0 radical (unpaired) electrons. The molecule has 0 N–H and O–H groups in total. The van der Waals surface area contributed by atoms with Gasteiger partial charge in [-0.05, 0) is 30.0 Å². The van der Waals surface area contributed by atoms with Crippen molar-refractivity contribution in [2.24, 2.45) is 0 Å². The van der Waals surface area contributed by atoms with Gasteiger partial charge in [0.15, 0.2) is 5.60 Å². The highest BCUT2D eigenvalue weighted by atomic mass is 16.6. The van der Waals surface area contributed by atoms with Gasteiger partial charge in [0.05, 0.1) is 17.5 Å². The van der Waals surface area contributed by atoms with Gasteiger partial charge in [0, 0.05) is 30.8 Å². The van der Waals surface area contributed by atoms with Gasteiger partial charge in [-0.15, -0.1) is 0 Å². The van der Waals surface area contributed by atoms with Crippen LogP contribution in [-0.4, -0.2) is 34.8 Å². The molecule has 0 bridgehead atoms. The van der Waals surface area contributed by atoms with Crippen molar-refractivity contribution in [3.8, 4) is 5.88 Å². The maximum Gasteiger partial charge on any atom is 0.339 e. The summed E-state index contributed by atoms with van der Waals surface area (Å²) in [5.41, 5.74) is 2.27. The van der Waals surface area contributed by atoms with Crippen molar-refractivity contribution in [3.63, 3.8) is 0 Å². The molecule has 3 aliphatic rings. The Morgan fingerprint density at radius 1 is 1.00 bits per heavy atom. The Morgan fingerprint density at radius 3 is 2.55 bits per heavy atom. The molecule has 1 saturated carbocycles. The second kappa shape index (κ2) is 7.44. The van der Waals surface area contributed by atoms with E-state index < -0.39 is 11.0 Å². The van der Waals surface area contributed by atoms with E-state index in [2.05, 4.69) is 4.98 Å². The molecule has 1 amide bonds. The smallest absolute Gasteiger partial charge is 0.339 e. The summed E-state index contributed by atoms with van der Waals surface area (Å²) in [4.78, 5) is 32.3. The van der Waals surface area contributed by atoms with Gasteiger partial charge in [0.2, 0.25) is 11.8 Å². The number of rotatable bonds is 5. The fraction of sp³-hybridized carbons (Fsp3) is 0.296. The number of hydrogen-bond donors (Lipinski definition) is 0. The minimum Gasteiger partial charge on any atom is -0.473 e. The average molecular weight is 440 g/mol. The third-order valence-electron chi connectivity index (χ3n) is 7.12. The van der Waals surface area contributed by atoms with Crippen LogP contribution in [-0.2, 0) is 27.2 Å². The first kappa shape index (κ1) is 20.0. The van der Waals surface area contributed by atoms with E-state index in [1.54, 1.807) is 12.3 Å². The van der Waals surface area contributed by atoms with Crippen LogP contribution in [0.5, 0.6) is 5.88 Å².